The van der Waals surface area contributed by atoms with Gasteiger partial charge in [-0.3, -0.25) is 9.88 Å². The van der Waals surface area contributed by atoms with Crippen molar-refractivity contribution < 1.29 is 4.79 Å². The third-order valence-corrected chi connectivity index (χ3v) is 5.66. The molecule has 6 heteroatoms. The van der Waals surface area contributed by atoms with Crippen LogP contribution in [0.3, 0.4) is 0 Å². The van der Waals surface area contributed by atoms with Gasteiger partial charge in [-0.25, -0.2) is 4.79 Å². The van der Waals surface area contributed by atoms with Crippen LogP contribution in [0.2, 0.25) is 5.02 Å². The number of nitrogens with zero attached hydrogens (tertiary/aromatic N) is 3. The number of amides is 2. The summed E-state index contributed by atoms with van der Waals surface area (Å²) in [5, 5.41) is 3.69. The highest BCUT2D eigenvalue weighted by Crippen LogP contribution is 2.24. The van der Waals surface area contributed by atoms with Gasteiger partial charge in [0.05, 0.1) is 0 Å². The molecule has 1 aliphatic heterocycles. The van der Waals surface area contributed by atoms with Crippen LogP contribution in [0, 0.1) is 6.92 Å². The number of pyridine rings is 1. The van der Waals surface area contributed by atoms with Crippen molar-refractivity contribution in [3.05, 3.63) is 58.9 Å². The van der Waals surface area contributed by atoms with Gasteiger partial charge in [-0.05, 0) is 61.7 Å². The molecule has 27 heavy (non-hydrogen) atoms. The number of carbonyl (C=O) groups is 1. The van der Waals surface area contributed by atoms with Crippen molar-refractivity contribution in [1.29, 1.82) is 0 Å². The van der Waals surface area contributed by atoms with Crippen molar-refractivity contribution in [2.24, 2.45) is 0 Å². The third kappa shape index (κ3) is 4.99. The summed E-state index contributed by atoms with van der Waals surface area (Å²) < 4.78 is 0. The molecule has 0 saturated carbocycles. The number of urea groups is 1. The first-order valence-corrected chi connectivity index (χ1v) is 9.90. The molecule has 5 nitrogen and oxygen atoms in total. The molecule has 2 aromatic rings. The number of nitrogens with one attached hydrogen (secondary N) is 1. The van der Waals surface area contributed by atoms with Crippen LogP contribution in [-0.2, 0) is 6.54 Å². The Labute approximate surface area is 166 Å². The van der Waals surface area contributed by atoms with Gasteiger partial charge in [0.15, 0.2) is 0 Å². The Hall–Kier alpha value is -2.11. The van der Waals surface area contributed by atoms with Gasteiger partial charge in [0.25, 0.3) is 0 Å². The molecule has 0 unspecified atom stereocenters. The fourth-order valence-electron chi connectivity index (χ4n) is 3.60. The van der Waals surface area contributed by atoms with Gasteiger partial charge in [-0.2, -0.15) is 0 Å². The zero-order chi connectivity index (χ0) is 19.2. The molecule has 2 amide bonds. The number of halogens is 1. The van der Waals surface area contributed by atoms with E-state index in [1.54, 1.807) is 0 Å². The van der Waals surface area contributed by atoms with E-state index in [0.29, 0.717) is 11.1 Å². The molecule has 1 fully saturated rings. The molecule has 0 spiro atoms. The molecule has 3 rings (SSSR count). The smallest absolute Gasteiger partial charge is 0.321 e. The average molecular weight is 387 g/mol. The normalized spacial score (nSPS) is 17.2. The molecule has 1 saturated heterocycles. The lowest BCUT2D eigenvalue weighted by Crippen LogP contribution is -2.50. The summed E-state index contributed by atoms with van der Waals surface area (Å²) >= 11 is 6.17. The zero-order valence-electron chi connectivity index (χ0n) is 16.0. The van der Waals surface area contributed by atoms with Gasteiger partial charge in [0.1, 0.15) is 0 Å². The number of aromatic nitrogens is 1. The van der Waals surface area contributed by atoms with Gasteiger partial charge >= 0.3 is 6.03 Å². The van der Waals surface area contributed by atoms with E-state index in [1.807, 2.05) is 42.4 Å². The van der Waals surface area contributed by atoms with E-state index in [9.17, 15) is 4.79 Å². The number of anilines is 1. The molecule has 1 aromatic carbocycles. The molecule has 1 aliphatic rings. The molecule has 1 N–H and O–H groups in total. The van der Waals surface area contributed by atoms with Crippen LogP contribution in [0.25, 0.3) is 0 Å². The maximum atomic E-state index is 12.8. The fourth-order valence-corrected chi connectivity index (χ4v) is 3.77. The lowest BCUT2D eigenvalue weighted by molar-refractivity contribution is 0.112. The van der Waals surface area contributed by atoms with E-state index in [1.165, 1.54) is 5.56 Å². The second kappa shape index (κ2) is 9.20. The molecular weight excluding hydrogens is 360 g/mol. The molecule has 1 aromatic heterocycles. The lowest BCUT2D eigenvalue weighted by Gasteiger charge is -2.39. The minimum atomic E-state index is -0.0509. The van der Waals surface area contributed by atoms with Crippen LogP contribution >= 0.6 is 11.6 Å². The maximum absolute atomic E-state index is 12.8. The van der Waals surface area contributed by atoms with Crippen molar-refractivity contribution >= 4 is 23.3 Å². The van der Waals surface area contributed by atoms with Gasteiger partial charge < -0.3 is 10.2 Å². The third-order valence-electron chi connectivity index (χ3n) is 5.25. The number of piperidine rings is 1. The predicted molar refractivity (Wildman–Crippen MR) is 110 cm³/mol. The highest BCUT2D eigenvalue weighted by atomic mass is 35.5. The number of likely N-dealkylation sites (tertiary alicyclic amines) is 1. The van der Waals surface area contributed by atoms with Crippen LogP contribution in [0.4, 0.5) is 10.5 Å². The average Bonchev–Trinajstić information content (AvgIpc) is 2.70. The zero-order valence-corrected chi connectivity index (χ0v) is 16.7. The summed E-state index contributed by atoms with van der Waals surface area (Å²) in [6, 6.07) is 10.0. The van der Waals surface area contributed by atoms with E-state index in [2.05, 4.69) is 34.3 Å². The van der Waals surface area contributed by atoms with Crippen molar-refractivity contribution in [1.82, 2.24) is 14.8 Å². The number of hydrogen-bond donors (Lipinski definition) is 1. The van der Waals surface area contributed by atoms with Crippen molar-refractivity contribution in [2.75, 3.05) is 25.0 Å². The fraction of sp³-hybridized carbons (Fsp3) is 0.429. The Bertz CT molecular complexity index is 768. The molecule has 0 aliphatic carbocycles. The number of likely N-dealkylation sites (N-methyl/N-ethyl adjacent to an activating group) is 1. The summed E-state index contributed by atoms with van der Waals surface area (Å²) in [4.78, 5) is 21.2. The van der Waals surface area contributed by atoms with Crippen LogP contribution in [-0.4, -0.2) is 46.5 Å². The molecule has 144 valence electrons. The summed E-state index contributed by atoms with van der Waals surface area (Å²) in [6.45, 7) is 7.46. The van der Waals surface area contributed by atoms with Crippen LogP contribution in [0.15, 0.2) is 42.7 Å². The number of carbonyl (C=O) groups excluding carboxylic acids is 1. The first kappa shape index (κ1) is 19.6. The van der Waals surface area contributed by atoms with Gasteiger partial charge in [-0.15, -0.1) is 0 Å². The summed E-state index contributed by atoms with van der Waals surface area (Å²) in [6.07, 6.45) is 5.78. The number of benzene rings is 1. The van der Waals surface area contributed by atoms with Crippen LogP contribution in [0.5, 0.6) is 0 Å². The predicted octanol–water partition coefficient (Wildman–Crippen LogP) is 4.56. The Morgan fingerprint density at radius 2 is 2.11 bits per heavy atom. The van der Waals surface area contributed by atoms with Gasteiger partial charge in [0.2, 0.25) is 0 Å². The first-order chi connectivity index (χ1) is 13.1. The lowest BCUT2D eigenvalue weighted by atomic mass is 10.0. The summed E-state index contributed by atoms with van der Waals surface area (Å²) in [7, 11) is 0. The van der Waals surface area contributed by atoms with E-state index in [4.69, 9.17) is 11.6 Å². The van der Waals surface area contributed by atoms with Crippen LogP contribution < -0.4 is 5.32 Å². The monoisotopic (exact) mass is 386 g/mol. The SMILES string of the molecule is CCN(Cc1ccncc1)[C@H]1CCCN(C(=O)Nc2cccc(Cl)c2C)C1. The number of hydrogen-bond acceptors (Lipinski definition) is 3. The van der Waals surface area contributed by atoms with E-state index in [0.717, 1.165) is 50.3 Å². The van der Waals surface area contributed by atoms with E-state index < -0.39 is 0 Å². The Morgan fingerprint density at radius 3 is 2.85 bits per heavy atom. The van der Waals surface area contributed by atoms with E-state index >= 15 is 0 Å². The van der Waals surface area contributed by atoms with Crippen molar-refractivity contribution in [3.8, 4) is 0 Å². The second-order valence-electron chi connectivity index (χ2n) is 7.00. The van der Waals surface area contributed by atoms with E-state index in [-0.39, 0.29) is 6.03 Å². The van der Waals surface area contributed by atoms with Gasteiger partial charge in [-0.1, -0.05) is 24.6 Å². The Kier molecular flexibility index (Phi) is 6.69. The van der Waals surface area contributed by atoms with Crippen molar-refractivity contribution in [2.45, 2.75) is 39.3 Å². The minimum Gasteiger partial charge on any atom is -0.323 e. The number of rotatable bonds is 5. The minimum absolute atomic E-state index is 0.0509. The Morgan fingerprint density at radius 1 is 1.33 bits per heavy atom. The standard InChI is InChI=1S/C21H27ClN4O/c1-3-25(14-17-9-11-23-12-10-17)18-6-5-13-26(15-18)21(27)24-20-8-4-7-19(22)16(20)2/h4,7-12,18H,3,5-6,13-15H2,1-2H3,(H,24,27)/t18-/m0/s1. The second-order valence-corrected chi connectivity index (χ2v) is 7.41. The quantitative estimate of drug-likeness (QED) is 0.819. The topological polar surface area (TPSA) is 48.5 Å². The van der Waals surface area contributed by atoms with Crippen molar-refractivity contribution in [3.63, 3.8) is 0 Å². The molecule has 0 bridgehead atoms. The molecular formula is C21H27ClN4O. The van der Waals surface area contributed by atoms with Gasteiger partial charge in [0, 0.05) is 48.8 Å². The largest absolute Gasteiger partial charge is 0.323 e. The summed E-state index contributed by atoms with van der Waals surface area (Å²) in [5.41, 5.74) is 2.93. The molecule has 0 radical (unpaired) electrons. The highest BCUT2D eigenvalue weighted by Gasteiger charge is 2.27. The Balaban J connectivity index is 1.64. The first-order valence-electron chi connectivity index (χ1n) is 9.52. The molecule has 1 atom stereocenters. The molecule has 2 heterocycles. The summed E-state index contributed by atoms with van der Waals surface area (Å²) in [5.74, 6) is 0. The van der Waals surface area contributed by atoms with Crippen LogP contribution in [0.1, 0.15) is 30.9 Å². The maximum Gasteiger partial charge on any atom is 0.321 e. The highest BCUT2D eigenvalue weighted by molar-refractivity contribution is 6.31.